The largest absolute Gasteiger partial charge is 0.462 e. The Bertz CT molecular complexity index is 1440. The van der Waals surface area contributed by atoms with E-state index in [1.807, 2.05) is 72.8 Å². The van der Waals surface area contributed by atoms with Gasteiger partial charge in [-0.3, -0.25) is 4.79 Å². The van der Waals surface area contributed by atoms with Crippen LogP contribution in [-0.2, 0) is 14.3 Å². The Morgan fingerprint density at radius 1 is 0.725 bits per heavy atom. The summed E-state index contributed by atoms with van der Waals surface area (Å²) in [4.78, 5) is 29.4. The van der Waals surface area contributed by atoms with Gasteiger partial charge < -0.3 is 4.74 Å². The molecule has 0 saturated heterocycles. The van der Waals surface area contributed by atoms with Crippen LogP contribution in [0.25, 0.3) is 0 Å². The Morgan fingerprint density at radius 2 is 1.18 bits per heavy atom. The number of allylic oxidation sites excluding steroid dienone is 2. The molecular weight excluding hydrogens is 511 g/mol. The van der Waals surface area contributed by atoms with E-state index in [9.17, 15) is 4.79 Å². The molecule has 3 nitrogen and oxygen atoms in total. The zero-order valence-corrected chi connectivity index (χ0v) is 24.0. The molecule has 4 aromatic rings. The number of ether oxygens (including phenoxy) is 1. The number of hydrogen-bond donors (Lipinski definition) is 0. The fraction of sp³-hybridized carbons (Fsp3) is 0.194. The lowest BCUT2D eigenvalue weighted by atomic mass is 9.73. The Morgan fingerprint density at radius 3 is 1.62 bits per heavy atom. The highest BCUT2D eigenvalue weighted by Gasteiger charge is 2.42. The second-order valence-electron chi connectivity index (χ2n) is 10.2. The molecule has 0 bridgehead atoms. The molecule has 0 amide bonds. The normalized spacial score (nSPS) is 17.0. The average Bonchev–Trinajstić information content (AvgIpc) is 3.01. The number of carbonyl (C=O) groups is 2. The third-order valence-corrected chi connectivity index (χ3v) is 12.1. The van der Waals surface area contributed by atoms with Crippen LogP contribution in [-0.4, -0.2) is 23.7 Å². The maximum absolute atomic E-state index is 15.1. The van der Waals surface area contributed by atoms with Gasteiger partial charge in [0.1, 0.15) is 5.29 Å². The van der Waals surface area contributed by atoms with E-state index < -0.39 is 12.9 Å². The first kappa shape index (κ1) is 27.6. The summed E-state index contributed by atoms with van der Waals surface area (Å²) >= 11 is 0. The summed E-state index contributed by atoms with van der Waals surface area (Å²) in [6, 6.07) is 40.4. The fourth-order valence-corrected chi connectivity index (χ4v) is 10.3. The molecule has 0 aromatic heterocycles. The van der Waals surface area contributed by atoms with Crippen LogP contribution in [0.2, 0.25) is 0 Å². The van der Waals surface area contributed by atoms with Crippen molar-refractivity contribution in [3.63, 3.8) is 0 Å². The van der Waals surface area contributed by atoms with Gasteiger partial charge in [-0.1, -0.05) is 133 Å². The molecule has 2 atom stereocenters. The first-order valence-corrected chi connectivity index (χ1v) is 15.7. The van der Waals surface area contributed by atoms with E-state index in [4.69, 9.17) is 4.74 Å². The first-order valence-electron chi connectivity index (χ1n) is 13.9. The Labute approximate surface area is 237 Å². The second-order valence-corrected chi connectivity index (χ2v) is 13.6. The molecule has 40 heavy (non-hydrogen) atoms. The lowest BCUT2D eigenvalue weighted by molar-refractivity contribution is -0.135. The highest BCUT2D eigenvalue weighted by atomic mass is 31.2. The van der Waals surface area contributed by atoms with Gasteiger partial charge in [-0.25, -0.2) is 4.79 Å². The highest BCUT2D eigenvalue weighted by molar-refractivity contribution is 7.97. The molecule has 1 aliphatic carbocycles. The summed E-state index contributed by atoms with van der Waals surface area (Å²) in [5.41, 5.74) is 2.39. The van der Waals surface area contributed by atoms with Crippen molar-refractivity contribution in [1.82, 2.24) is 0 Å². The number of carbonyl (C=O) groups excluding carboxylic acids is 2. The minimum absolute atomic E-state index is 0.0210. The minimum atomic E-state index is -2.93. The van der Waals surface area contributed by atoms with Crippen molar-refractivity contribution in [1.29, 1.82) is 0 Å². The summed E-state index contributed by atoms with van der Waals surface area (Å²) in [5.74, 6) is -1.02. The van der Waals surface area contributed by atoms with Gasteiger partial charge in [0.2, 0.25) is 0 Å². The van der Waals surface area contributed by atoms with E-state index in [1.165, 1.54) is 5.57 Å². The summed E-state index contributed by atoms with van der Waals surface area (Å²) in [6.07, 6.45) is 3.54. The van der Waals surface area contributed by atoms with Gasteiger partial charge in [-0.2, -0.15) is 0 Å². The zero-order valence-electron chi connectivity index (χ0n) is 23.1. The highest BCUT2D eigenvalue weighted by Crippen LogP contribution is 2.49. The van der Waals surface area contributed by atoms with Crippen LogP contribution in [0.3, 0.4) is 0 Å². The number of ketones is 1. The number of rotatable bonds is 8. The molecule has 4 aromatic carbocycles. The molecule has 4 heteroatoms. The zero-order chi connectivity index (χ0) is 28.0. The van der Waals surface area contributed by atoms with Crippen molar-refractivity contribution in [2.45, 2.75) is 32.6 Å². The quantitative estimate of drug-likeness (QED) is 0.111. The van der Waals surface area contributed by atoms with Crippen LogP contribution >= 0.6 is 6.89 Å². The fourth-order valence-electron chi connectivity index (χ4n) is 5.97. The predicted octanol–water partition coefficient (Wildman–Crippen LogP) is 6.43. The third kappa shape index (κ3) is 5.27. The van der Waals surface area contributed by atoms with Crippen LogP contribution in [0.4, 0.5) is 0 Å². The summed E-state index contributed by atoms with van der Waals surface area (Å²) in [7, 11) is 0. The molecule has 202 valence electrons. The van der Waals surface area contributed by atoms with Gasteiger partial charge in [-0.05, 0) is 61.0 Å². The van der Waals surface area contributed by atoms with E-state index in [0.29, 0.717) is 6.42 Å². The lowest BCUT2D eigenvalue weighted by Crippen LogP contribution is -2.42. The van der Waals surface area contributed by atoms with Gasteiger partial charge in [0.25, 0.3) is 0 Å². The molecule has 0 N–H and O–H groups in total. The number of Topliss-reactive ketones (excluding diaryl/α,β-unsaturated/α-hetero) is 1. The van der Waals surface area contributed by atoms with E-state index in [0.717, 1.165) is 27.9 Å². The van der Waals surface area contributed by atoms with Crippen LogP contribution in [0, 0.1) is 5.92 Å². The van der Waals surface area contributed by atoms with Crippen molar-refractivity contribution in [3.8, 4) is 0 Å². The van der Waals surface area contributed by atoms with Gasteiger partial charge in [0.05, 0.1) is 6.61 Å². The first-order chi connectivity index (χ1) is 19.6. The lowest BCUT2D eigenvalue weighted by Gasteiger charge is -2.35. The van der Waals surface area contributed by atoms with Gasteiger partial charge in [0, 0.05) is 5.92 Å². The number of hydrogen-bond acceptors (Lipinski definition) is 3. The molecule has 0 radical (unpaired) electrons. The topological polar surface area (TPSA) is 43.4 Å². The van der Waals surface area contributed by atoms with Crippen molar-refractivity contribution in [3.05, 3.63) is 139 Å². The molecule has 0 fully saturated rings. The number of esters is 1. The summed E-state index contributed by atoms with van der Waals surface area (Å²) < 4.78 is 5.76. The molecule has 0 unspecified atom stereocenters. The van der Waals surface area contributed by atoms with Crippen molar-refractivity contribution in [2.75, 3.05) is 6.61 Å². The van der Waals surface area contributed by atoms with E-state index in [-0.39, 0.29) is 29.5 Å². The molecule has 1 aliphatic rings. The standard InChI is InChI=1S/C36H35O3P/c1-3-39-36(38)35(34(37)32-25-24-27(2)26-33(32)28-16-8-4-9-17-28)40(29-18-10-5-11-19-29,30-20-12-6-13-21-30)31-22-14-7-15-23-31/h4-24,32-33H,3,25-26H2,1-2H3/t32-,33+/m1/s1. The maximum atomic E-state index is 15.1. The molecule has 0 aliphatic heterocycles. The molecule has 0 spiro atoms. The average molecular weight is 547 g/mol. The van der Waals surface area contributed by atoms with Crippen LogP contribution in [0.15, 0.2) is 133 Å². The van der Waals surface area contributed by atoms with Gasteiger partial charge >= 0.3 is 5.97 Å². The van der Waals surface area contributed by atoms with E-state index in [1.54, 1.807) is 6.92 Å². The predicted molar refractivity (Wildman–Crippen MR) is 167 cm³/mol. The van der Waals surface area contributed by atoms with Gasteiger partial charge in [-0.15, -0.1) is 0 Å². The van der Waals surface area contributed by atoms with Crippen molar-refractivity contribution in [2.24, 2.45) is 5.92 Å². The monoisotopic (exact) mass is 546 g/mol. The maximum Gasteiger partial charge on any atom is 0.342 e. The Kier molecular flexibility index (Phi) is 8.63. The Hall–Kier alpha value is -3.94. The minimum Gasteiger partial charge on any atom is -0.462 e. The second kappa shape index (κ2) is 12.5. The van der Waals surface area contributed by atoms with E-state index in [2.05, 4.69) is 61.5 Å². The molecule has 5 rings (SSSR count). The SMILES string of the molecule is CCOC(=O)C(C(=O)[C@@H]1CC=C(C)C[C@H]1c1ccccc1)=P(c1ccccc1)(c1ccccc1)c1ccccc1. The summed E-state index contributed by atoms with van der Waals surface area (Å²) in [6.45, 7) is 1.19. The van der Waals surface area contributed by atoms with E-state index >= 15 is 4.79 Å². The van der Waals surface area contributed by atoms with Crippen molar-refractivity contribution >= 4 is 39.8 Å². The molecule has 0 saturated carbocycles. The van der Waals surface area contributed by atoms with Crippen LogP contribution < -0.4 is 15.9 Å². The van der Waals surface area contributed by atoms with Crippen molar-refractivity contribution < 1.29 is 14.3 Å². The molecule has 0 heterocycles. The smallest absolute Gasteiger partial charge is 0.342 e. The Balaban J connectivity index is 1.90. The van der Waals surface area contributed by atoms with Crippen LogP contribution in [0.1, 0.15) is 38.2 Å². The molecular formula is C36H35O3P. The van der Waals surface area contributed by atoms with Crippen LogP contribution in [0.5, 0.6) is 0 Å². The summed E-state index contributed by atoms with van der Waals surface area (Å²) in [5, 5.41) is 3.16. The number of benzene rings is 4. The third-order valence-electron chi connectivity index (χ3n) is 7.78. The van der Waals surface area contributed by atoms with Gasteiger partial charge in [0.15, 0.2) is 5.78 Å².